The van der Waals surface area contributed by atoms with Gasteiger partial charge < -0.3 is 25.8 Å². The highest BCUT2D eigenvalue weighted by Gasteiger charge is 2.35. The van der Waals surface area contributed by atoms with E-state index in [0.29, 0.717) is 35.5 Å². The summed E-state index contributed by atoms with van der Waals surface area (Å²) >= 11 is 5.85. The lowest BCUT2D eigenvalue weighted by atomic mass is 10.2. The number of methoxy groups -OCH3 is 1. The Hall–Kier alpha value is -2.51. The highest BCUT2D eigenvalue weighted by Crippen LogP contribution is 2.30. The van der Waals surface area contributed by atoms with Gasteiger partial charge in [0.15, 0.2) is 11.6 Å². The second-order valence-corrected chi connectivity index (χ2v) is 6.25. The molecule has 0 radical (unpaired) electrons. The number of aromatic nitrogens is 1. The summed E-state index contributed by atoms with van der Waals surface area (Å²) in [4.78, 5) is 8.64. The molecular weight excluding hydrogens is 342 g/mol. The topological polar surface area (TPSA) is 93.8 Å². The first-order valence-corrected chi connectivity index (χ1v) is 8.19. The Kier molecular flexibility index (Phi) is 4.96. The van der Waals surface area contributed by atoms with E-state index in [2.05, 4.69) is 20.6 Å². The number of nitrogens with one attached hydrogen (secondary N) is 2. The second kappa shape index (κ2) is 7.16. The number of pyridine rings is 1. The summed E-state index contributed by atoms with van der Waals surface area (Å²) in [5.41, 5.74) is 6.06. The highest BCUT2D eigenvalue weighted by molar-refractivity contribution is 6.30. The minimum absolute atomic E-state index is 0.358. The number of allylic oxidation sites excluding steroid dienone is 3. The Morgan fingerprint density at radius 2 is 2.28 bits per heavy atom. The van der Waals surface area contributed by atoms with Gasteiger partial charge in [-0.2, -0.15) is 0 Å². The quantitative estimate of drug-likeness (QED) is 0.746. The number of rotatable bonds is 5. The molecule has 132 valence electrons. The predicted molar refractivity (Wildman–Crippen MR) is 97.9 cm³/mol. The van der Waals surface area contributed by atoms with Crippen LogP contribution in [-0.4, -0.2) is 30.3 Å². The molecule has 0 aromatic carbocycles. The molecule has 8 heteroatoms. The van der Waals surface area contributed by atoms with E-state index in [0.717, 1.165) is 11.5 Å². The molecule has 7 nitrogen and oxygen atoms in total. The summed E-state index contributed by atoms with van der Waals surface area (Å²) in [7, 11) is 1.64. The maximum atomic E-state index is 6.06. The third-order valence-electron chi connectivity index (χ3n) is 3.71. The van der Waals surface area contributed by atoms with Crippen molar-refractivity contribution in [3.63, 3.8) is 0 Å². The van der Waals surface area contributed by atoms with Crippen LogP contribution >= 0.6 is 11.6 Å². The van der Waals surface area contributed by atoms with Gasteiger partial charge in [0.2, 0.25) is 5.72 Å². The fourth-order valence-corrected chi connectivity index (χ4v) is 2.57. The molecule has 0 amide bonds. The molecule has 2 aliphatic heterocycles. The number of anilines is 1. The number of ether oxygens (including phenoxy) is 2. The summed E-state index contributed by atoms with van der Waals surface area (Å²) in [6, 6.07) is 3.56. The van der Waals surface area contributed by atoms with Crippen LogP contribution in [0.3, 0.4) is 0 Å². The van der Waals surface area contributed by atoms with Crippen molar-refractivity contribution in [1.82, 2.24) is 10.3 Å². The molecule has 1 atom stereocenters. The molecule has 25 heavy (non-hydrogen) atoms. The van der Waals surface area contributed by atoms with E-state index in [-0.39, 0.29) is 0 Å². The number of nitrogens with two attached hydrogens (primary N) is 1. The van der Waals surface area contributed by atoms with Crippen LogP contribution in [0, 0.1) is 0 Å². The zero-order valence-corrected chi connectivity index (χ0v) is 14.8. The van der Waals surface area contributed by atoms with Crippen molar-refractivity contribution in [3.8, 4) is 0 Å². The van der Waals surface area contributed by atoms with Gasteiger partial charge in [0.25, 0.3) is 0 Å². The first-order valence-electron chi connectivity index (χ1n) is 7.81. The fraction of sp³-hybridized carbons (Fsp3) is 0.294. The molecule has 0 spiro atoms. The Balaban J connectivity index is 1.73. The molecule has 0 fully saturated rings. The van der Waals surface area contributed by atoms with E-state index in [1.807, 2.05) is 25.2 Å². The molecule has 0 bridgehead atoms. The summed E-state index contributed by atoms with van der Waals surface area (Å²) in [5.74, 6) is 2.28. The standard InChI is InChI=1S/C17H20ClN5O2/c1-17(8-9-24-2)23-16(19)15(25-17)12-4-3-5-14(21-12)22-13-7-6-11(18)10-20-13/h3-7,10,21H,8-9H2,1-2H3,(H2,19,23)(H,20,22)/b15-12-. The number of amidine groups is 1. The van der Waals surface area contributed by atoms with Gasteiger partial charge in [-0.15, -0.1) is 0 Å². The molecule has 1 aromatic heterocycles. The van der Waals surface area contributed by atoms with Crippen molar-refractivity contribution in [2.24, 2.45) is 10.7 Å². The van der Waals surface area contributed by atoms with Gasteiger partial charge in [-0.05, 0) is 31.2 Å². The van der Waals surface area contributed by atoms with Gasteiger partial charge in [0.05, 0.1) is 17.3 Å². The van der Waals surface area contributed by atoms with Gasteiger partial charge in [-0.1, -0.05) is 17.7 Å². The van der Waals surface area contributed by atoms with E-state index in [9.17, 15) is 0 Å². The minimum atomic E-state index is -0.718. The smallest absolute Gasteiger partial charge is 0.202 e. The lowest BCUT2D eigenvalue weighted by molar-refractivity contribution is 0.0202. The molecule has 1 unspecified atom stereocenters. The number of hydrogen-bond donors (Lipinski definition) is 3. The van der Waals surface area contributed by atoms with Crippen molar-refractivity contribution >= 4 is 23.3 Å². The van der Waals surface area contributed by atoms with Crippen LogP contribution in [0.1, 0.15) is 13.3 Å². The molecule has 0 saturated carbocycles. The molecule has 4 N–H and O–H groups in total. The monoisotopic (exact) mass is 361 g/mol. The van der Waals surface area contributed by atoms with E-state index >= 15 is 0 Å². The van der Waals surface area contributed by atoms with E-state index in [4.69, 9.17) is 26.8 Å². The highest BCUT2D eigenvalue weighted by atomic mass is 35.5. The Bertz CT molecular complexity index is 770. The van der Waals surface area contributed by atoms with Gasteiger partial charge in [0, 0.05) is 19.7 Å². The van der Waals surface area contributed by atoms with Crippen LogP contribution in [0.4, 0.5) is 5.82 Å². The van der Waals surface area contributed by atoms with Crippen molar-refractivity contribution in [2.75, 3.05) is 19.0 Å². The zero-order chi connectivity index (χ0) is 17.9. The first-order chi connectivity index (χ1) is 12.0. The van der Waals surface area contributed by atoms with Crippen molar-refractivity contribution in [3.05, 3.63) is 58.9 Å². The SMILES string of the molecule is COCCC1(C)N=C(N)/C(=C2\C=CC=C(Nc3ccc(Cl)cn3)N2)O1. The van der Waals surface area contributed by atoms with Gasteiger partial charge in [-0.3, -0.25) is 0 Å². The van der Waals surface area contributed by atoms with Crippen LogP contribution in [-0.2, 0) is 9.47 Å². The van der Waals surface area contributed by atoms with Crippen LogP contribution in [0.15, 0.2) is 58.8 Å². The molecule has 1 aromatic rings. The Morgan fingerprint density at radius 3 is 3.00 bits per heavy atom. The minimum Gasteiger partial charge on any atom is -0.460 e. The summed E-state index contributed by atoms with van der Waals surface area (Å²) in [5, 5.41) is 6.99. The number of halogens is 1. The summed E-state index contributed by atoms with van der Waals surface area (Å²) < 4.78 is 11.1. The Labute approximate surface area is 151 Å². The molecular formula is C17H20ClN5O2. The van der Waals surface area contributed by atoms with Gasteiger partial charge in [-0.25, -0.2) is 9.98 Å². The number of hydrogen-bond acceptors (Lipinski definition) is 7. The van der Waals surface area contributed by atoms with E-state index in [1.165, 1.54) is 0 Å². The average molecular weight is 362 g/mol. The third-order valence-corrected chi connectivity index (χ3v) is 3.94. The fourth-order valence-electron chi connectivity index (χ4n) is 2.45. The maximum Gasteiger partial charge on any atom is 0.202 e. The largest absolute Gasteiger partial charge is 0.460 e. The van der Waals surface area contributed by atoms with Gasteiger partial charge in [0.1, 0.15) is 11.6 Å². The normalized spacial score (nSPS) is 25.1. The summed E-state index contributed by atoms with van der Waals surface area (Å²) in [6.07, 6.45) is 7.83. The zero-order valence-electron chi connectivity index (χ0n) is 14.0. The molecule has 0 aliphatic carbocycles. The number of dihydropyridines is 1. The lowest BCUT2D eigenvalue weighted by Gasteiger charge is -2.22. The number of aliphatic imine (C=N–C) groups is 1. The predicted octanol–water partition coefficient (Wildman–Crippen LogP) is 2.50. The maximum absolute atomic E-state index is 6.06. The lowest BCUT2D eigenvalue weighted by Crippen LogP contribution is -2.27. The molecule has 2 aliphatic rings. The average Bonchev–Trinajstić information content (AvgIpc) is 2.91. The first kappa shape index (κ1) is 17.3. The molecule has 3 heterocycles. The molecule has 0 saturated heterocycles. The van der Waals surface area contributed by atoms with Crippen LogP contribution < -0.4 is 16.4 Å². The van der Waals surface area contributed by atoms with Crippen LogP contribution in [0.5, 0.6) is 0 Å². The van der Waals surface area contributed by atoms with E-state index < -0.39 is 5.72 Å². The van der Waals surface area contributed by atoms with E-state index in [1.54, 1.807) is 25.4 Å². The second-order valence-electron chi connectivity index (χ2n) is 5.81. The van der Waals surface area contributed by atoms with Gasteiger partial charge >= 0.3 is 0 Å². The summed E-state index contributed by atoms with van der Waals surface area (Å²) in [6.45, 7) is 2.42. The third kappa shape index (κ3) is 4.12. The van der Waals surface area contributed by atoms with Crippen molar-refractivity contribution < 1.29 is 9.47 Å². The van der Waals surface area contributed by atoms with Crippen molar-refractivity contribution in [1.29, 1.82) is 0 Å². The number of nitrogens with zero attached hydrogens (tertiary/aromatic N) is 2. The van der Waals surface area contributed by atoms with Crippen LogP contribution in [0.2, 0.25) is 5.02 Å². The van der Waals surface area contributed by atoms with Crippen molar-refractivity contribution in [2.45, 2.75) is 19.1 Å². The molecule has 3 rings (SSSR count). The Morgan fingerprint density at radius 1 is 1.44 bits per heavy atom. The van der Waals surface area contributed by atoms with Crippen LogP contribution in [0.25, 0.3) is 0 Å².